The number of primary amides is 1. The fraction of sp³-hybridized carbons (Fsp3) is 0.105. The van der Waals surface area contributed by atoms with E-state index in [4.69, 9.17) is 11.6 Å². The SMILES string of the molecule is NC(=O)c1c(N(N)C=O)[nH]c2cc(C(=O)NCCc3ccccc3)ccc12. The Bertz CT molecular complexity index is 997. The van der Waals surface area contributed by atoms with Gasteiger partial charge in [0, 0.05) is 23.0 Å². The van der Waals surface area contributed by atoms with Gasteiger partial charge in [0.25, 0.3) is 11.8 Å². The van der Waals surface area contributed by atoms with Crippen LogP contribution in [-0.4, -0.2) is 29.8 Å². The van der Waals surface area contributed by atoms with E-state index in [1.165, 1.54) is 0 Å². The zero-order valence-electron chi connectivity index (χ0n) is 14.4. The number of hydrazine groups is 1. The molecule has 1 aromatic heterocycles. The van der Waals surface area contributed by atoms with Crippen LogP contribution in [-0.2, 0) is 11.2 Å². The van der Waals surface area contributed by atoms with E-state index >= 15 is 0 Å². The van der Waals surface area contributed by atoms with Crippen molar-refractivity contribution in [2.75, 3.05) is 11.6 Å². The van der Waals surface area contributed by atoms with Crippen LogP contribution in [0.5, 0.6) is 0 Å². The monoisotopic (exact) mass is 365 g/mol. The van der Waals surface area contributed by atoms with Gasteiger partial charge < -0.3 is 16.0 Å². The summed E-state index contributed by atoms with van der Waals surface area (Å²) in [7, 11) is 0. The number of nitrogens with two attached hydrogens (primary N) is 2. The molecule has 3 rings (SSSR count). The Kier molecular flexibility index (Phi) is 5.18. The Morgan fingerprint density at radius 3 is 2.56 bits per heavy atom. The maximum atomic E-state index is 12.4. The highest BCUT2D eigenvalue weighted by Gasteiger charge is 2.20. The number of benzene rings is 2. The lowest BCUT2D eigenvalue weighted by molar-refractivity contribution is -0.107. The lowest BCUT2D eigenvalue weighted by atomic mass is 10.1. The highest BCUT2D eigenvalue weighted by atomic mass is 16.2. The number of nitrogens with one attached hydrogen (secondary N) is 2. The van der Waals surface area contributed by atoms with Crippen molar-refractivity contribution >= 4 is 34.9 Å². The van der Waals surface area contributed by atoms with Gasteiger partial charge in [-0.05, 0) is 24.1 Å². The molecule has 0 atom stereocenters. The molecule has 3 aromatic rings. The lowest BCUT2D eigenvalue weighted by Gasteiger charge is -2.08. The minimum atomic E-state index is -0.728. The summed E-state index contributed by atoms with van der Waals surface area (Å²) in [6, 6.07) is 14.6. The molecule has 2 aromatic carbocycles. The number of nitrogens with zero attached hydrogens (tertiary/aromatic N) is 1. The van der Waals surface area contributed by atoms with Gasteiger partial charge in [-0.3, -0.25) is 14.4 Å². The summed E-state index contributed by atoms with van der Waals surface area (Å²) in [4.78, 5) is 37.9. The molecule has 3 amide bonds. The van der Waals surface area contributed by atoms with Crippen molar-refractivity contribution in [3.63, 3.8) is 0 Å². The number of carbonyl (C=O) groups is 3. The molecule has 0 bridgehead atoms. The minimum Gasteiger partial charge on any atom is -0.365 e. The molecular formula is C19H19N5O3. The molecule has 0 fully saturated rings. The molecule has 0 radical (unpaired) electrons. The maximum absolute atomic E-state index is 12.4. The summed E-state index contributed by atoms with van der Waals surface area (Å²) < 4.78 is 0. The normalized spacial score (nSPS) is 10.6. The van der Waals surface area contributed by atoms with E-state index in [-0.39, 0.29) is 17.3 Å². The first-order valence-corrected chi connectivity index (χ1v) is 8.28. The van der Waals surface area contributed by atoms with Gasteiger partial charge >= 0.3 is 0 Å². The number of hydrogen-bond acceptors (Lipinski definition) is 4. The molecule has 0 saturated heterocycles. The van der Waals surface area contributed by atoms with Gasteiger partial charge in [-0.25, -0.2) is 10.9 Å². The van der Waals surface area contributed by atoms with Gasteiger partial charge in [-0.2, -0.15) is 0 Å². The second-order valence-corrected chi connectivity index (χ2v) is 5.98. The molecule has 1 heterocycles. The predicted molar refractivity (Wildman–Crippen MR) is 102 cm³/mol. The standard InChI is InChI=1S/C19H19N5O3/c20-17(26)16-14-7-6-13(10-15(14)23-18(16)24(21)11-25)19(27)22-9-8-12-4-2-1-3-5-12/h1-7,10-11,23H,8-9,21H2,(H2,20,26)(H,22,27). The van der Waals surface area contributed by atoms with Crippen LogP contribution < -0.4 is 21.9 Å². The summed E-state index contributed by atoms with van der Waals surface area (Å²) in [6.45, 7) is 0.491. The second kappa shape index (κ2) is 7.71. The Morgan fingerprint density at radius 1 is 1.15 bits per heavy atom. The fourth-order valence-corrected chi connectivity index (χ4v) is 2.89. The number of carbonyl (C=O) groups excluding carboxylic acids is 3. The number of aromatic nitrogens is 1. The smallest absolute Gasteiger partial charge is 0.253 e. The zero-order chi connectivity index (χ0) is 19.4. The van der Waals surface area contributed by atoms with Crippen molar-refractivity contribution in [2.45, 2.75) is 6.42 Å². The van der Waals surface area contributed by atoms with E-state index in [0.29, 0.717) is 29.4 Å². The molecule has 0 unspecified atom stereocenters. The molecule has 0 aliphatic rings. The first kappa shape index (κ1) is 18.2. The topological polar surface area (TPSA) is 134 Å². The van der Waals surface area contributed by atoms with Crippen molar-refractivity contribution in [2.24, 2.45) is 11.6 Å². The molecule has 0 saturated carbocycles. The van der Waals surface area contributed by atoms with E-state index in [9.17, 15) is 14.4 Å². The van der Waals surface area contributed by atoms with Crippen molar-refractivity contribution in [3.8, 4) is 0 Å². The Hall–Kier alpha value is -3.65. The van der Waals surface area contributed by atoms with E-state index in [0.717, 1.165) is 17.0 Å². The first-order chi connectivity index (χ1) is 13.0. The van der Waals surface area contributed by atoms with Crippen molar-refractivity contribution in [1.29, 1.82) is 0 Å². The van der Waals surface area contributed by atoms with Gasteiger partial charge in [0.15, 0.2) is 0 Å². The third-order valence-electron chi connectivity index (χ3n) is 4.20. The molecule has 138 valence electrons. The van der Waals surface area contributed by atoms with Crippen molar-refractivity contribution < 1.29 is 14.4 Å². The van der Waals surface area contributed by atoms with Gasteiger partial charge in [0.2, 0.25) is 6.41 Å². The highest BCUT2D eigenvalue weighted by molar-refractivity contribution is 6.13. The van der Waals surface area contributed by atoms with E-state index in [2.05, 4.69) is 10.3 Å². The minimum absolute atomic E-state index is 0.0779. The van der Waals surface area contributed by atoms with Gasteiger partial charge in [0.1, 0.15) is 5.82 Å². The predicted octanol–water partition coefficient (Wildman–Crippen LogP) is 1.08. The number of anilines is 1. The van der Waals surface area contributed by atoms with Gasteiger partial charge in [-0.1, -0.05) is 36.4 Å². The van der Waals surface area contributed by atoms with Crippen molar-refractivity contribution in [3.05, 3.63) is 65.2 Å². The summed E-state index contributed by atoms with van der Waals surface area (Å²) in [5.41, 5.74) is 7.51. The van der Waals surface area contributed by atoms with Crippen LogP contribution in [0, 0.1) is 0 Å². The molecule has 0 aliphatic heterocycles. The second-order valence-electron chi connectivity index (χ2n) is 5.98. The van der Waals surface area contributed by atoms with E-state index in [1.807, 2.05) is 30.3 Å². The lowest BCUT2D eigenvalue weighted by Crippen LogP contribution is -2.31. The average molecular weight is 365 g/mol. The summed E-state index contributed by atoms with van der Waals surface area (Å²) >= 11 is 0. The summed E-state index contributed by atoms with van der Waals surface area (Å²) in [5.74, 6) is 4.67. The molecule has 8 nitrogen and oxygen atoms in total. The van der Waals surface area contributed by atoms with Crippen LogP contribution in [0.15, 0.2) is 48.5 Å². The van der Waals surface area contributed by atoms with Crippen LogP contribution in [0.4, 0.5) is 5.82 Å². The number of hydrogen-bond donors (Lipinski definition) is 4. The molecular weight excluding hydrogens is 346 g/mol. The van der Waals surface area contributed by atoms with Crippen molar-refractivity contribution in [1.82, 2.24) is 10.3 Å². The Balaban J connectivity index is 1.80. The summed E-state index contributed by atoms with van der Waals surface area (Å²) in [5, 5.41) is 4.07. The third kappa shape index (κ3) is 3.80. The highest BCUT2D eigenvalue weighted by Crippen LogP contribution is 2.28. The average Bonchev–Trinajstić information content (AvgIpc) is 3.07. The van der Waals surface area contributed by atoms with E-state index < -0.39 is 5.91 Å². The first-order valence-electron chi connectivity index (χ1n) is 8.28. The van der Waals surface area contributed by atoms with Crippen LogP contribution in [0.3, 0.4) is 0 Å². The number of rotatable bonds is 7. The number of H-pyrrole nitrogens is 1. The quantitative estimate of drug-likeness (QED) is 0.216. The molecule has 8 heteroatoms. The van der Waals surface area contributed by atoms with Gasteiger partial charge in [0.05, 0.1) is 5.56 Å². The largest absolute Gasteiger partial charge is 0.365 e. The van der Waals surface area contributed by atoms with Crippen LogP contribution in [0.25, 0.3) is 10.9 Å². The third-order valence-corrected chi connectivity index (χ3v) is 4.20. The molecule has 0 aliphatic carbocycles. The van der Waals surface area contributed by atoms with Crippen LogP contribution in [0.2, 0.25) is 0 Å². The maximum Gasteiger partial charge on any atom is 0.253 e. The number of fused-ring (bicyclic) bond motifs is 1. The summed E-state index contributed by atoms with van der Waals surface area (Å²) in [6.07, 6.45) is 1.07. The Labute approximate surface area is 155 Å². The van der Waals surface area contributed by atoms with E-state index in [1.54, 1.807) is 18.2 Å². The van der Waals surface area contributed by atoms with Crippen LogP contribution in [0.1, 0.15) is 26.3 Å². The Morgan fingerprint density at radius 2 is 1.89 bits per heavy atom. The number of aromatic amines is 1. The molecule has 6 N–H and O–H groups in total. The van der Waals surface area contributed by atoms with Crippen LogP contribution >= 0.6 is 0 Å². The number of amides is 3. The molecule has 27 heavy (non-hydrogen) atoms. The zero-order valence-corrected chi connectivity index (χ0v) is 14.4. The molecule has 0 spiro atoms. The van der Waals surface area contributed by atoms with Gasteiger partial charge in [-0.15, -0.1) is 0 Å². The fourth-order valence-electron chi connectivity index (χ4n) is 2.89.